The molecule has 1 fully saturated rings. The Balaban J connectivity index is 1.38. The van der Waals surface area contributed by atoms with E-state index in [0.717, 1.165) is 12.8 Å². The van der Waals surface area contributed by atoms with Crippen LogP contribution in [0.1, 0.15) is 39.1 Å². The molecule has 1 aliphatic carbocycles. The van der Waals surface area contributed by atoms with Gasteiger partial charge in [0.1, 0.15) is 34.2 Å². The van der Waals surface area contributed by atoms with Crippen LogP contribution in [0.4, 0.5) is 14.8 Å². The Kier molecular flexibility index (Phi) is 6.80. The molecule has 0 spiro atoms. The number of oxazole rings is 1. The van der Waals surface area contributed by atoms with Crippen LogP contribution in [0.25, 0.3) is 44.5 Å². The summed E-state index contributed by atoms with van der Waals surface area (Å²) in [5, 5.41) is 2.51. The fraction of sp³-hybridized carbons (Fsp3) is 0.176. The van der Waals surface area contributed by atoms with Crippen molar-refractivity contribution < 1.29 is 31.9 Å². The Morgan fingerprint density at radius 3 is 2.47 bits per heavy atom. The molecule has 7 rings (SSSR count). The zero-order valence-electron chi connectivity index (χ0n) is 24.5. The lowest BCUT2D eigenvalue weighted by Crippen LogP contribution is -2.33. The normalized spacial score (nSPS) is 12.9. The molecule has 9 nitrogen and oxygen atoms in total. The number of ether oxygens (including phenoxy) is 1. The molecule has 3 aromatic heterocycles. The van der Waals surface area contributed by atoms with E-state index in [4.69, 9.17) is 13.6 Å². The number of halogens is 2. The average molecular weight is 609 g/mol. The molecule has 2 amide bonds. The Hall–Kier alpha value is -5.58. The van der Waals surface area contributed by atoms with Gasteiger partial charge in [-0.2, -0.15) is 4.98 Å². The highest BCUT2D eigenvalue weighted by molar-refractivity contribution is 6.12. The molecule has 1 aliphatic rings. The van der Waals surface area contributed by atoms with Gasteiger partial charge in [0.05, 0.1) is 29.8 Å². The van der Waals surface area contributed by atoms with Crippen LogP contribution in [0.2, 0.25) is 0 Å². The van der Waals surface area contributed by atoms with Crippen LogP contribution in [-0.2, 0) is 0 Å². The number of aryl methyl sites for hydroxylation is 1. The van der Waals surface area contributed by atoms with E-state index in [9.17, 15) is 14.0 Å². The number of fused-ring (bicyclic) bond motifs is 2. The third-order valence-corrected chi connectivity index (χ3v) is 7.94. The quantitative estimate of drug-likeness (QED) is 0.206. The lowest BCUT2D eigenvalue weighted by atomic mass is 9.94. The topological polar surface area (TPSA) is 111 Å². The van der Waals surface area contributed by atoms with E-state index in [0.29, 0.717) is 33.5 Å². The number of nitrogens with zero attached hydrogens (tertiary/aromatic N) is 3. The summed E-state index contributed by atoms with van der Waals surface area (Å²) in [7, 11) is 2.89. The predicted octanol–water partition coefficient (Wildman–Crippen LogP) is 7.07. The van der Waals surface area contributed by atoms with Crippen LogP contribution in [0.3, 0.4) is 0 Å². The number of carbonyl (C=O) groups is 2. The first-order valence-electron chi connectivity index (χ1n) is 14.2. The molecule has 0 unspecified atom stereocenters. The smallest absolute Gasteiger partial charge is 0.305 e. The fourth-order valence-electron chi connectivity index (χ4n) is 5.55. The highest BCUT2D eigenvalue weighted by Crippen LogP contribution is 2.41. The van der Waals surface area contributed by atoms with E-state index < -0.39 is 23.4 Å². The van der Waals surface area contributed by atoms with Gasteiger partial charge in [0.15, 0.2) is 5.58 Å². The number of hydrogen-bond acceptors (Lipinski definition) is 7. The van der Waals surface area contributed by atoms with Crippen molar-refractivity contribution in [1.82, 2.24) is 15.3 Å². The van der Waals surface area contributed by atoms with Crippen molar-refractivity contribution >= 4 is 39.9 Å². The van der Waals surface area contributed by atoms with Gasteiger partial charge >= 0.3 is 6.01 Å². The van der Waals surface area contributed by atoms with Gasteiger partial charge < -0.3 is 18.9 Å². The second-order valence-electron chi connectivity index (χ2n) is 10.8. The first kappa shape index (κ1) is 28.2. The summed E-state index contributed by atoms with van der Waals surface area (Å²) in [6, 6.07) is 13.5. The number of aromatic nitrogens is 2. The number of benzene rings is 3. The Morgan fingerprint density at radius 1 is 1.00 bits per heavy atom. The number of anilines is 1. The number of carbonyl (C=O) groups excluding carboxylic acids is 2. The molecule has 3 aromatic carbocycles. The van der Waals surface area contributed by atoms with Crippen molar-refractivity contribution in [3.63, 3.8) is 0 Å². The molecule has 1 N–H and O–H groups in total. The van der Waals surface area contributed by atoms with Crippen molar-refractivity contribution in [2.45, 2.75) is 25.8 Å². The van der Waals surface area contributed by atoms with E-state index in [1.165, 1.54) is 43.3 Å². The highest BCUT2D eigenvalue weighted by atomic mass is 19.1. The molecule has 6 aromatic rings. The van der Waals surface area contributed by atoms with E-state index in [1.54, 1.807) is 49.6 Å². The Morgan fingerprint density at radius 2 is 1.78 bits per heavy atom. The highest BCUT2D eigenvalue weighted by Gasteiger charge is 2.39. The van der Waals surface area contributed by atoms with Crippen molar-refractivity contribution in [1.29, 1.82) is 0 Å². The number of methoxy groups -OCH3 is 1. The molecule has 45 heavy (non-hydrogen) atoms. The zero-order valence-corrected chi connectivity index (χ0v) is 24.5. The zero-order chi connectivity index (χ0) is 31.4. The van der Waals surface area contributed by atoms with Crippen LogP contribution in [0.15, 0.2) is 75.8 Å². The van der Waals surface area contributed by atoms with Crippen molar-refractivity contribution in [2.24, 2.45) is 0 Å². The largest absolute Gasteiger partial charge is 0.496 e. The fourth-order valence-corrected chi connectivity index (χ4v) is 5.55. The lowest BCUT2D eigenvalue weighted by Gasteiger charge is -2.21. The minimum Gasteiger partial charge on any atom is -0.496 e. The summed E-state index contributed by atoms with van der Waals surface area (Å²) in [5.41, 5.74) is 2.95. The van der Waals surface area contributed by atoms with Gasteiger partial charge in [-0.05, 0) is 79.4 Å². The third kappa shape index (κ3) is 4.76. The maximum Gasteiger partial charge on any atom is 0.305 e. The van der Waals surface area contributed by atoms with Gasteiger partial charge in [-0.3, -0.25) is 19.5 Å². The molecular formula is C34H26F2N4O5. The SMILES string of the molecule is CNC(=O)c1c(-c2ccc(F)cc2)oc2ccc(-c3cc(C(=O)N(c4nc5cnccc5o4)C4CC4)c(OC)cc3C)c(F)c12. The number of nitrogens with one attached hydrogen (secondary N) is 1. The molecular weight excluding hydrogens is 582 g/mol. The summed E-state index contributed by atoms with van der Waals surface area (Å²) in [6.45, 7) is 1.78. The Labute approximate surface area is 255 Å². The molecule has 0 bridgehead atoms. The second-order valence-corrected chi connectivity index (χ2v) is 10.8. The molecule has 0 saturated heterocycles. The molecule has 11 heteroatoms. The maximum atomic E-state index is 16.6. The van der Waals surface area contributed by atoms with E-state index in [2.05, 4.69) is 15.3 Å². The average Bonchev–Trinajstić information content (AvgIpc) is 3.65. The lowest BCUT2D eigenvalue weighted by molar-refractivity contribution is 0.0960. The second kappa shape index (κ2) is 10.8. The number of pyridine rings is 1. The number of rotatable bonds is 7. The standard InChI is InChI=1S/C34H26F2N4O5/c1-17-14-27(43-3)23(33(42)40(20-8-9-20)34-39-24-16-38-13-12-25(24)45-34)15-22(17)21-10-11-26-28(30(21)36)29(32(41)37-2)31(44-26)18-4-6-19(35)7-5-18/h4-7,10-16,20H,8-9H2,1-3H3,(H,37,41). The maximum absolute atomic E-state index is 16.6. The summed E-state index contributed by atoms with van der Waals surface area (Å²) in [5.74, 6) is -1.74. The monoisotopic (exact) mass is 608 g/mol. The molecule has 0 atom stereocenters. The van der Waals surface area contributed by atoms with Gasteiger partial charge in [0.25, 0.3) is 11.8 Å². The summed E-state index contributed by atoms with van der Waals surface area (Å²) < 4.78 is 47.8. The molecule has 3 heterocycles. The summed E-state index contributed by atoms with van der Waals surface area (Å²) in [4.78, 5) is 37.4. The van der Waals surface area contributed by atoms with E-state index >= 15 is 4.39 Å². The summed E-state index contributed by atoms with van der Waals surface area (Å²) in [6.07, 6.45) is 4.69. The van der Waals surface area contributed by atoms with Gasteiger partial charge in [0.2, 0.25) is 0 Å². The van der Waals surface area contributed by atoms with Gasteiger partial charge in [0, 0.05) is 36.5 Å². The van der Waals surface area contributed by atoms with Crippen LogP contribution in [-0.4, -0.2) is 42.0 Å². The molecule has 1 saturated carbocycles. The third-order valence-electron chi connectivity index (χ3n) is 7.94. The van der Waals surface area contributed by atoms with Gasteiger partial charge in [-0.25, -0.2) is 8.78 Å². The van der Waals surface area contributed by atoms with Crippen molar-refractivity contribution in [3.05, 3.63) is 95.3 Å². The van der Waals surface area contributed by atoms with Crippen molar-refractivity contribution in [2.75, 3.05) is 19.1 Å². The van der Waals surface area contributed by atoms with Crippen LogP contribution in [0.5, 0.6) is 5.75 Å². The van der Waals surface area contributed by atoms with Crippen LogP contribution in [0, 0.1) is 18.6 Å². The minimum atomic E-state index is -0.708. The molecule has 0 aliphatic heterocycles. The van der Waals surface area contributed by atoms with Crippen molar-refractivity contribution in [3.8, 4) is 28.2 Å². The first-order valence-corrected chi connectivity index (χ1v) is 14.2. The molecule has 226 valence electrons. The van der Waals surface area contributed by atoms with Crippen LogP contribution >= 0.6 is 0 Å². The first-order chi connectivity index (χ1) is 21.8. The van der Waals surface area contributed by atoms with Crippen LogP contribution < -0.4 is 15.0 Å². The number of furan rings is 1. The predicted molar refractivity (Wildman–Crippen MR) is 163 cm³/mol. The van der Waals surface area contributed by atoms with E-state index in [-0.39, 0.29) is 45.5 Å². The number of hydrogen-bond donors (Lipinski definition) is 1. The van der Waals surface area contributed by atoms with Gasteiger partial charge in [-0.1, -0.05) is 0 Å². The minimum absolute atomic E-state index is 0.0220. The van der Waals surface area contributed by atoms with Gasteiger partial charge in [-0.15, -0.1) is 0 Å². The molecule has 0 radical (unpaired) electrons. The summed E-state index contributed by atoms with van der Waals surface area (Å²) >= 11 is 0. The van der Waals surface area contributed by atoms with E-state index in [1.807, 2.05) is 0 Å². The number of amides is 2. The Bertz CT molecular complexity index is 2100.